The van der Waals surface area contributed by atoms with Gasteiger partial charge in [0.05, 0.1) is 19.3 Å². The van der Waals surface area contributed by atoms with Gasteiger partial charge in [0.2, 0.25) is 0 Å². The van der Waals surface area contributed by atoms with Crippen LogP contribution in [0.1, 0.15) is 31.9 Å². The minimum Gasteiger partial charge on any atom is -0.497 e. The minimum atomic E-state index is -0.492. The monoisotopic (exact) mass is 259 g/mol. The van der Waals surface area contributed by atoms with Crippen LogP contribution in [0.4, 0.5) is 0 Å². The molecule has 0 fully saturated rings. The molecule has 0 amide bonds. The lowest BCUT2D eigenvalue weighted by Gasteiger charge is -2.21. The number of hydrogen-bond acceptors (Lipinski definition) is 3. The van der Waals surface area contributed by atoms with Gasteiger partial charge in [-0.3, -0.25) is 0 Å². The van der Waals surface area contributed by atoms with E-state index in [-0.39, 0.29) is 18.4 Å². The van der Waals surface area contributed by atoms with Crippen molar-refractivity contribution in [2.75, 3.05) is 7.11 Å². The van der Waals surface area contributed by atoms with Crippen molar-refractivity contribution in [2.24, 2.45) is 11.7 Å². The Balaban J connectivity index is 0.00000256. The Bertz CT molecular complexity index is 314. The highest BCUT2D eigenvalue weighted by Crippen LogP contribution is 2.21. The summed E-state index contributed by atoms with van der Waals surface area (Å²) in [6.45, 7) is 4.15. The smallest absolute Gasteiger partial charge is 0.118 e. The molecule has 0 unspecified atom stereocenters. The van der Waals surface area contributed by atoms with Crippen LogP contribution in [-0.2, 0) is 0 Å². The van der Waals surface area contributed by atoms with E-state index in [1.807, 2.05) is 24.3 Å². The van der Waals surface area contributed by atoms with Gasteiger partial charge in [-0.05, 0) is 30.0 Å². The van der Waals surface area contributed by atoms with Crippen molar-refractivity contribution in [3.63, 3.8) is 0 Å². The van der Waals surface area contributed by atoms with Crippen LogP contribution >= 0.6 is 12.4 Å². The standard InChI is InChI=1S/C13H21NO2.ClH/c1-9(2)8-12(15)13(14)10-4-6-11(16-3)7-5-10;/h4-7,9,12-13,15H,8,14H2,1-3H3;1H/t12-,13+;/m1./s1. The summed E-state index contributed by atoms with van der Waals surface area (Å²) >= 11 is 0. The maximum atomic E-state index is 9.91. The Morgan fingerprint density at radius 3 is 2.18 bits per heavy atom. The van der Waals surface area contributed by atoms with Gasteiger partial charge in [0.1, 0.15) is 5.75 Å². The van der Waals surface area contributed by atoms with Crippen molar-refractivity contribution in [2.45, 2.75) is 32.4 Å². The average Bonchev–Trinajstić information content (AvgIpc) is 2.27. The Morgan fingerprint density at radius 2 is 1.76 bits per heavy atom. The van der Waals surface area contributed by atoms with Gasteiger partial charge >= 0.3 is 0 Å². The van der Waals surface area contributed by atoms with E-state index in [1.165, 1.54) is 0 Å². The molecule has 4 heteroatoms. The summed E-state index contributed by atoms with van der Waals surface area (Å²) in [5.41, 5.74) is 6.93. The van der Waals surface area contributed by atoms with Gasteiger partial charge in [0, 0.05) is 0 Å². The second-order valence-corrected chi connectivity index (χ2v) is 4.50. The average molecular weight is 260 g/mol. The zero-order valence-electron chi connectivity index (χ0n) is 10.6. The summed E-state index contributed by atoms with van der Waals surface area (Å²) in [5, 5.41) is 9.91. The van der Waals surface area contributed by atoms with E-state index >= 15 is 0 Å². The van der Waals surface area contributed by atoms with Crippen molar-refractivity contribution in [3.05, 3.63) is 29.8 Å². The number of methoxy groups -OCH3 is 1. The molecule has 0 spiro atoms. The second kappa shape index (κ2) is 7.54. The molecule has 1 aromatic rings. The molecule has 0 bridgehead atoms. The molecular weight excluding hydrogens is 238 g/mol. The molecule has 0 saturated heterocycles. The summed E-state index contributed by atoms with van der Waals surface area (Å²) in [4.78, 5) is 0. The molecule has 0 aliphatic heterocycles. The third-order valence-corrected chi connectivity index (χ3v) is 2.63. The van der Waals surface area contributed by atoms with E-state index in [0.29, 0.717) is 12.3 Å². The zero-order chi connectivity index (χ0) is 12.1. The van der Waals surface area contributed by atoms with Crippen molar-refractivity contribution in [1.82, 2.24) is 0 Å². The molecule has 17 heavy (non-hydrogen) atoms. The van der Waals surface area contributed by atoms with Crippen LogP contribution in [0.2, 0.25) is 0 Å². The molecule has 1 rings (SSSR count). The van der Waals surface area contributed by atoms with Gasteiger partial charge < -0.3 is 15.6 Å². The fourth-order valence-electron chi connectivity index (χ4n) is 1.68. The Hall–Kier alpha value is -0.770. The number of halogens is 1. The molecule has 0 aromatic heterocycles. The molecule has 0 saturated carbocycles. The molecule has 1 aromatic carbocycles. The van der Waals surface area contributed by atoms with E-state index in [1.54, 1.807) is 7.11 Å². The van der Waals surface area contributed by atoms with E-state index in [4.69, 9.17) is 10.5 Å². The van der Waals surface area contributed by atoms with Crippen LogP contribution in [0.3, 0.4) is 0 Å². The van der Waals surface area contributed by atoms with Crippen LogP contribution in [-0.4, -0.2) is 18.3 Å². The zero-order valence-corrected chi connectivity index (χ0v) is 11.4. The maximum Gasteiger partial charge on any atom is 0.118 e. The SMILES string of the molecule is COc1ccc([C@H](N)[C@H](O)CC(C)C)cc1.Cl. The summed E-state index contributed by atoms with van der Waals surface area (Å²) in [7, 11) is 1.63. The highest BCUT2D eigenvalue weighted by molar-refractivity contribution is 5.85. The largest absolute Gasteiger partial charge is 0.497 e. The molecule has 2 atom stereocenters. The predicted octanol–water partition coefficient (Wildman–Crippen LogP) is 2.52. The van der Waals surface area contributed by atoms with Crippen LogP contribution in [0.15, 0.2) is 24.3 Å². The lowest BCUT2D eigenvalue weighted by atomic mass is 9.95. The van der Waals surface area contributed by atoms with Gasteiger partial charge in [-0.15, -0.1) is 12.4 Å². The van der Waals surface area contributed by atoms with Crippen LogP contribution < -0.4 is 10.5 Å². The number of aliphatic hydroxyl groups excluding tert-OH is 1. The van der Waals surface area contributed by atoms with E-state index in [2.05, 4.69) is 13.8 Å². The molecule has 3 N–H and O–H groups in total. The number of benzene rings is 1. The fourth-order valence-corrected chi connectivity index (χ4v) is 1.68. The van der Waals surface area contributed by atoms with Gasteiger partial charge in [-0.25, -0.2) is 0 Å². The third kappa shape index (κ3) is 4.94. The van der Waals surface area contributed by atoms with Gasteiger partial charge in [-0.2, -0.15) is 0 Å². The topological polar surface area (TPSA) is 55.5 Å². The fraction of sp³-hybridized carbons (Fsp3) is 0.538. The van der Waals surface area contributed by atoms with E-state index in [0.717, 1.165) is 11.3 Å². The molecule has 98 valence electrons. The Labute approximate surface area is 109 Å². The van der Waals surface area contributed by atoms with Crippen molar-refractivity contribution in [3.8, 4) is 5.75 Å². The van der Waals surface area contributed by atoms with Gasteiger partial charge in [0.25, 0.3) is 0 Å². The number of aliphatic hydroxyl groups is 1. The van der Waals surface area contributed by atoms with Gasteiger partial charge in [-0.1, -0.05) is 26.0 Å². The maximum absolute atomic E-state index is 9.91. The minimum absolute atomic E-state index is 0. The highest BCUT2D eigenvalue weighted by Gasteiger charge is 2.17. The molecule has 0 aliphatic carbocycles. The predicted molar refractivity (Wildman–Crippen MR) is 72.6 cm³/mol. The number of rotatable bonds is 5. The normalized spacial score (nSPS) is 14.0. The van der Waals surface area contributed by atoms with E-state index < -0.39 is 6.10 Å². The Kier molecular flexibility index (Phi) is 7.19. The van der Waals surface area contributed by atoms with Crippen LogP contribution in [0, 0.1) is 5.92 Å². The molecule has 0 radical (unpaired) electrons. The van der Waals surface area contributed by atoms with Crippen LogP contribution in [0.5, 0.6) is 5.75 Å². The number of hydrogen-bond donors (Lipinski definition) is 2. The van der Waals surface area contributed by atoms with E-state index in [9.17, 15) is 5.11 Å². The first-order chi connectivity index (χ1) is 7.54. The lowest BCUT2D eigenvalue weighted by molar-refractivity contribution is 0.121. The Morgan fingerprint density at radius 1 is 1.24 bits per heavy atom. The van der Waals surface area contributed by atoms with Crippen LogP contribution in [0.25, 0.3) is 0 Å². The van der Waals surface area contributed by atoms with Gasteiger partial charge in [0.15, 0.2) is 0 Å². The lowest BCUT2D eigenvalue weighted by Crippen LogP contribution is -2.27. The van der Waals surface area contributed by atoms with Crippen molar-refractivity contribution in [1.29, 1.82) is 0 Å². The number of nitrogens with two attached hydrogens (primary N) is 1. The first kappa shape index (κ1) is 16.2. The number of ether oxygens (including phenoxy) is 1. The second-order valence-electron chi connectivity index (χ2n) is 4.50. The summed E-state index contributed by atoms with van der Waals surface area (Å²) in [6.07, 6.45) is 0.223. The van der Waals surface area contributed by atoms with Crippen molar-refractivity contribution >= 4 is 12.4 Å². The first-order valence-corrected chi connectivity index (χ1v) is 5.62. The highest BCUT2D eigenvalue weighted by atomic mass is 35.5. The first-order valence-electron chi connectivity index (χ1n) is 5.62. The molecular formula is C13H22ClNO2. The molecule has 3 nitrogen and oxygen atoms in total. The quantitative estimate of drug-likeness (QED) is 0.854. The summed E-state index contributed by atoms with van der Waals surface area (Å²) in [5.74, 6) is 1.24. The molecule has 0 aliphatic rings. The molecule has 0 heterocycles. The summed E-state index contributed by atoms with van der Waals surface area (Å²) in [6, 6.07) is 7.18. The van der Waals surface area contributed by atoms with Crippen molar-refractivity contribution < 1.29 is 9.84 Å². The summed E-state index contributed by atoms with van der Waals surface area (Å²) < 4.78 is 5.07. The third-order valence-electron chi connectivity index (χ3n) is 2.63.